The number of piperidine rings is 1. The first-order chi connectivity index (χ1) is 13.0. The van der Waals surface area contributed by atoms with E-state index in [1.807, 2.05) is 0 Å². The molecule has 8 heteroatoms. The fraction of sp³-hybridized carbons (Fsp3) is 0.421. The van der Waals surface area contributed by atoms with Crippen LogP contribution in [0.4, 0.5) is 5.82 Å². The normalized spacial score (nSPS) is 14.7. The molecule has 27 heavy (non-hydrogen) atoms. The lowest BCUT2D eigenvalue weighted by atomic mass is 9.95. The number of anilines is 1. The molecule has 1 aromatic heterocycles. The second-order valence-corrected chi connectivity index (χ2v) is 6.42. The van der Waals surface area contributed by atoms with Gasteiger partial charge in [0.25, 0.3) is 5.91 Å². The van der Waals surface area contributed by atoms with Gasteiger partial charge < -0.3 is 24.2 Å². The minimum absolute atomic E-state index is 0.106. The molecule has 0 aliphatic carbocycles. The Bertz CT molecular complexity index is 802. The Morgan fingerprint density at radius 3 is 2.33 bits per heavy atom. The molecule has 0 bridgehead atoms. The number of carbonyl (C=O) groups is 2. The van der Waals surface area contributed by atoms with E-state index in [0.717, 1.165) is 0 Å². The zero-order valence-corrected chi connectivity index (χ0v) is 15.7. The third-order valence-corrected chi connectivity index (χ3v) is 4.67. The molecule has 1 aromatic carbocycles. The summed E-state index contributed by atoms with van der Waals surface area (Å²) in [5, 5.41) is 6.53. The van der Waals surface area contributed by atoms with Crippen molar-refractivity contribution in [2.45, 2.75) is 19.8 Å². The summed E-state index contributed by atoms with van der Waals surface area (Å²) < 4.78 is 15.6. The van der Waals surface area contributed by atoms with Crippen LogP contribution < -0.4 is 14.8 Å². The van der Waals surface area contributed by atoms with E-state index in [-0.39, 0.29) is 17.7 Å². The number of carbonyl (C=O) groups excluding carboxylic acids is 2. The van der Waals surface area contributed by atoms with Gasteiger partial charge in [0.2, 0.25) is 5.91 Å². The molecule has 3 rings (SSSR count). The van der Waals surface area contributed by atoms with Crippen LogP contribution in [0.5, 0.6) is 11.5 Å². The molecule has 1 saturated heterocycles. The molecule has 8 nitrogen and oxygen atoms in total. The van der Waals surface area contributed by atoms with Gasteiger partial charge in [-0.3, -0.25) is 9.59 Å². The number of benzene rings is 1. The number of aromatic nitrogens is 1. The molecule has 144 valence electrons. The van der Waals surface area contributed by atoms with Gasteiger partial charge >= 0.3 is 0 Å². The molecule has 1 aliphatic heterocycles. The zero-order chi connectivity index (χ0) is 19.4. The maximum Gasteiger partial charge on any atom is 0.261 e. The van der Waals surface area contributed by atoms with E-state index in [0.29, 0.717) is 54.6 Å². The Hall–Kier alpha value is -3.03. The summed E-state index contributed by atoms with van der Waals surface area (Å²) in [6.07, 6.45) is 1.15. The van der Waals surface area contributed by atoms with Crippen molar-refractivity contribution in [1.29, 1.82) is 0 Å². The highest BCUT2D eigenvalue weighted by Crippen LogP contribution is 2.31. The number of rotatable bonds is 5. The molecule has 0 spiro atoms. The number of hydrogen-bond donors (Lipinski definition) is 1. The van der Waals surface area contributed by atoms with Crippen LogP contribution in [0.25, 0.3) is 0 Å². The minimum Gasteiger partial charge on any atom is -0.496 e. The van der Waals surface area contributed by atoms with Crippen LogP contribution in [0, 0.1) is 12.8 Å². The average Bonchev–Trinajstić information content (AvgIpc) is 3.11. The Labute approximate surface area is 157 Å². The summed E-state index contributed by atoms with van der Waals surface area (Å²) in [5.41, 5.74) is 0.406. The quantitative estimate of drug-likeness (QED) is 0.865. The Morgan fingerprint density at radius 1 is 1.19 bits per heavy atom. The Kier molecular flexibility index (Phi) is 5.63. The monoisotopic (exact) mass is 373 g/mol. The van der Waals surface area contributed by atoms with Crippen LogP contribution in [0.15, 0.2) is 28.8 Å². The summed E-state index contributed by atoms with van der Waals surface area (Å²) in [7, 11) is 3.04. The van der Waals surface area contributed by atoms with Gasteiger partial charge in [-0.05, 0) is 31.9 Å². The van der Waals surface area contributed by atoms with Crippen molar-refractivity contribution in [1.82, 2.24) is 10.1 Å². The van der Waals surface area contributed by atoms with E-state index in [1.165, 1.54) is 14.2 Å². The fourth-order valence-electron chi connectivity index (χ4n) is 3.22. The lowest BCUT2D eigenvalue weighted by Crippen LogP contribution is -2.41. The number of hydrogen-bond acceptors (Lipinski definition) is 6. The predicted octanol–water partition coefficient (Wildman–Crippen LogP) is 2.49. The lowest BCUT2D eigenvalue weighted by molar-refractivity contribution is -0.121. The first kappa shape index (κ1) is 18.8. The van der Waals surface area contributed by atoms with Crippen molar-refractivity contribution in [3.05, 3.63) is 35.6 Å². The molecule has 0 atom stereocenters. The van der Waals surface area contributed by atoms with Gasteiger partial charge in [0.15, 0.2) is 5.82 Å². The largest absolute Gasteiger partial charge is 0.496 e. The summed E-state index contributed by atoms with van der Waals surface area (Å²) in [6, 6.07) is 6.91. The van der Waals surface area contributed by atoms with Crippen LogP contribution in [-0.2, 0) is 4.79 Å². The molecule has 2 amide bonds. The summed E-state index contributed by atoms with van der Waals surface area (Å²) >= 11 is 0. The molecule has 2 aromatic rings. The molecule has 1 aliphatic rings. The van der Waals surface area contributed by atoms with E-state index in [9.17, 15) is 9.59 Å². The minimum atomic E-state index is -0.175. The maximum absolute atomic E-state index is 13.0. The molecular weight excluding hydrogens is 350 g/mol. The van der Waals surface area contributed by atoms with E-state index in [4.69, 9.17) is 14.0 Å². The maximum atomic E-state index is 13.0. The van der Waals surface area contributed by atoms with Gasteiger partial charge in [-0.1, -0.05) is 11.2 Å². The van der Waals surface area contributed by atoms with E-state index in [1.54, 1.807) is 36.1 Å². The van der Waals surface area contributed by atoms with Crippen LogP contribution in [-0.4, -0.2) is 49.2 Å². The van der Waals surface area contributed by atoms with Crippen molar-refractivity contribution in [3.8, 4) is 11.5 Å². The third kappa shape index (κ3) is 4.05. The standard InChI is InChI=1S/C19H23N3O5/c1-12-11-16(21-27-12)20-18(23)13-7-9-22(10-8-13)19(24)17-14(25-2)5-4-6-15(17)26-3/h4-6,11,13H,7-10H2,1-3H3,(H,20,21,23). The predicted molar refractivity (Wildman–Crippen MR) is 98.0 cm³/mol. The second kappa shape index (κ2) is 8.11. The summed E-state index contributed by atoms with van der Waals surface area (Å²) in [5.74, 6) is 1.55. The molecule has 1 N–H and O–H groups in total. The van der Waals surface area contributed by atoms with Crippen molar-refractivity contribution in [2.24, 2.45) is 5.92 Å². The number of nitrogens with zero attached hydrogens (tertiary/aromatic N) is 2. The van der Waals surface area contributed by atoms with Crippen molar-refractivity contribution in [2.75, 3.05) is 32.6 Å². The van der Waals surface area contributed by atoms with Crippen LogP contribution in [0.3, 0.4) is 0 Å². The Morgan fingerprint density at radius 2 is 1.81 bits per heavy atom. The van der Waals surface area contributed by atoms with Crippen molar-refractivity contribution >= 4 is 17.6 Å². The molecule has 0 radical (unpaired) electrons. The zero-order valence-electron chi connectivity index (χ0n) is 15.7. The highest BCUT2D eigenvalue weighted by atomic mass is 16.5. The molecular formula is C19H23N3O5. The van der Waals surface area contributed by atoms with Gasteiger partial charge in [-0.25, -0.2) is 0 Å². The van der Waals surface area contributed by atoms with Crippen LogP contribution in [0.1, 0.15) is 29.0 Å². The SMILES string of the molecule is COc1cccc(OC)c1C(=O)N1CCC(C(=O)Nc2cc(C)on2)CC1. The first-order valence-electron chi connectivity index (χ1n) is 8.78. The summed E-state index contributed by atoms with van der Waals surface area (Å²) in [6.45, 7) is 2.73. The second-order valence-electron chi connectivity index (χ2n) is 6.42. The molecule has 2 heterocycles. The topological polar surface area (TPSA) is 93.9 Å². The van der Waals surface area contributed by atoms with Gasteiger partial charge in [0, 0.05) is 25.1 Å². The van der Waals surface area contributed by atoms with E-state index in [2.05, 4.69) is 10.5 Å². The molecule has 0 saturated carbocycles. The van der Waals surface area contributed by atoms with Gasteiger partial charge in [-0.2, -0.15) is 0 Å². The van der Waals surface area contributed by atoms with Gasteiger partial charge in [0.05, 0.1) is 14.2 Å². The van der Waals surface area contributed by atoms with Crippen LogP contribution >= 0.6 is 0 Å². The number of amides is 2. The van der Waals surface area contributed by atoms with Crippen molar-refractivity contribution in [3.63, 3.8) is 0 Å². The highest BCUT2D eigenvalue weighted by Gasteiger charge is 2.30. The van der Waals surface area contributed by atoms with E-state index < -0.39 is 0 Å². The average molecular weight is 373 g/mol. The van der Waals surface area contributed by atoms with Crippen LogP contribution in [0.2, 0.25) is 0 Å². The summed E-state index contributed by atoms with van der Waals surface area (Å²) in [4.78, 5) is 27.1. The lowest BCUT2D eigenvalue weighted by Gasteiger charge is -2.31. The Balaban J connectivity index is 1.64. The van der Waals surface area contributed by atoms with Gasteiger partial charge in [0.1, 0.15) is 22.8 Å². The van der Waals surface area contributed by atoms with E-state index >= 15 is 0 Å². The number of aryl methyl sites for hydroxylation is 1. The molecule has 1 fully saturated rings. The smallest absolute Gasteiger partial charge is 0.261 e. The number of likely N-dealkylation sites (tertiary alicyclic amines) is 1. The van der Waals surface area contributed by atoms with Gasteiger partial charge in [-0.15, -0.1) is 0 Å². The number of nitrogens with one attached hydrogen (secondary N) is 1. The third-order valence-electron chi connectivity index (χ3n) is 4.67. The fourth-order valence-corrected chi connectivity index (χ4v) is 3.22. The first-order valence-corrected chi connectivity index (χ1v) is 8.78. The number of methoxy groups -OCH3 is 2. The van der Waals surface area contributed by atoms with Crippen molar-refractivity contribution < 1.29 is 23.6 Å². The highest BCUT2D eigenvalue weighted by molar-refractivity contribution is 6.00. The number of ether oxygens (including phenoxy) is 2. The molecule has 0 unspecified atom stereocenters.